The van der Waals surface area contributed by atoms with Gasteiger partial charge >= 0.3 is 0 Å². The van der Waals surface area contributed by atoms with E-state index >= 15 is 0 Å². The molecule has 0 unspecified atom stereocenters. The molecule has 260 valence electrons. The number of nitrogens with zero attached hydrogens (tertiary/aromatic N) is 3. The van der Waals surface area contributed by atoms with Crippen LogP contribution in [0.1, 0.15) is 5.56 Å². The van der Waals surface area contributed by atoms with Crippen molar-refractivity contribution < 1.29 is 0 Å². The summed E-state index contributed by atoms with van der Waals surface area (Å²) in [6.45, 7) is 0. The predicted octanol–water partition coefficient (Wildman–Crippen LogP) is 12.8. The van der Waals surface area contributed by atoms with Crippen molar-refractivity contribution in [3.8, 4) is 67.5 Å². The molecule has 0 fully saturated rings. The minimum Gasteiger partial charge on any atom is -0.354 e. The van der Waals surface area contributed by atoms with E-state index in [0.29, 0.717) is 17.5 Å². The number of para-hydroxylation sites is 1. The molecule has 0 aliphatic rings. The maximum atomic E-state index is 8.03. The molecule has 5 heteroatoms. The minimum atomic E-state index is 0.630. The Morgan fingerprint density at radius 3 is 1.29 bits per heavy atom. The van der Waals surface area contributed by atoms with Gasteiger partial charge in [0, 0.05) is 39.5 Å². The van der Waals surface area contributed by atoms with Crippen molar-refractivity contribution >= 4 is 28.4 Å². The van der Waals surface area contributed by atoms with E-state index in [1.165, 1.54) is 6.21 Å². The van der Waals surface area contributed by atoms with Gasteiger partial charge < -0.3 is 10.7 Å². The van der Waals surface area contributed by atoms with E-state index in [4.69, 9.17) is 20.4 Å². The summed E-state index contributed by atoms with van der Waals surface area (Å²) in [5.74, 6) is 1.91. The van der Waals surface area contributed by atoms with Crippen LogP contribution >= 0.6 is 0 Å². The monoisotopic (exact) mass is 705 g/mol. The fourth-order valence-electron chi connectivity index (χ4n) is 6.98. The normalized spacial score (nSPS) is 11.0. The number of hydrogen-bond acceptors (Lipinski definition) is 5. The summed E-state index contributed by atoms with van der Waals surface area (Å²) in [7, 11) is 0. The van der Waals surface area contributed by atoms with Crippen LogP contribution in [0.15, 0.2) is 194 Å². The van der Waals surface area contributed by atoms with Crippen LogP contribution in [0.5, 0.6) is 0 Å². The maximum Gasteiger partial charge on any atom is 0.164 e. The van der Waals surface area contributed by atoms with Gasteiger partial charge in [-0.2, -0.15) is 0 Å². The Labute approximate surface area is 320 Å². The number of anilines is 2. The van der Waals surface area contributed by atoms with Crippen molar-refractivity contribution in [3.05, 3.63) is 200 Å². The standard InChI is InChI=1S/C50H35N5/c51-33-44-26-25-42-31-41(27-28-46(42)47(44)52-45-23-8-3-9-24-45)39-20-11-18-37(30-39)36-17-10-19-38(29-36)40-21-12-22-43(32-40)50-54-48(34-13-4-1-5-14-34)53-49(55-50)35-15-6-2-7-16-35/h1-33,51-52H. The zero-order valence-electron chi connectivity index (χ0n) is 29.9. The Bertz CT molecular complexity index is 2740. The molecule has 0 bridgehead atoms. The van der Waals surface area contributed by atoms with Crippen molar-refractivity contribution in [2.45, 2.75) is 0 Å². The number of rotatable bonds is 9. The van der Waals surface area contributed by atoms with Crippen LogP contribution in [0.2, 0.25) is 0 Å². The van der Waals surface area contributed by atoms with Crippen LogP contribution in [-0.4, -0.2) is 21.2 Å². The zero-order chi connectivity index (χ0) is 37.0. The van der Waals surface area contributed by atoms with Crippen LogP contribution in [-0.2, 0) is 0 Å². The van der Waals surface area contributed by atoms with Gasteiger partial charge in [0.1, 0.15) is 0 Å². The molecule has 9 rings (SSSR count). The molecule has 1 aromatic heterocycles. The van der Waals surface area contributed by atoms with E-state index in [1.807, 2.05) is 97.1 Å². The number of nitrogens with one attached hydrogen (secondary N) is 2. The summed E-state index contributed by atoms with van der Waals surface area (Å²) in [6.07, 6.45) is 1.41. The highest BCUT2D eigenvalue weighted by atomic mass is 15.0. The Morgan fingerprint density at radius 2 is 0.782 bits per heavy atom. The van der Waals surface area contributed by atoms with Gasteiger partial charge in [0.05, 0.1) is 5.69 Å². The van der Waals surface area contributed by atoms with Gasteiger partial charge in [0.25, 0.3) is 0 Å². The quantitative estimate of drug-likeness (QED) is 0.147. The first-order valence-corrected chi connectivity index (χ1v) is 18.3. The fourth-order valence-corrected chi connectivity index (χ4v) is 6.98. The molecule has 0 atom stereocenters. The summed E-state index contributed by atoms with van der Waals surface area (Å²) in [4.78, 5) is 14.8. The van der Waals surface area contributed by atoms with Gasteiger partial charge in [-0.15, -0.1) is 0 Å². The van der Waals surface area contributed by atoms with Gasteiger partial charge in [-0.3, -0.25) is 0 Å². The molecule has 0 radical (unpaired) electrons. The third-order valence-electron chi connectivity index (χ3n) is 9.80. The number of aromatic nitrogens is 3. The molecule has 0 aliphatic heterocycles. The Kier molecular flexibility index (Phi) is 9.01. The average molecular weight is 706 g/mol. The van der Waals surface area contributed by atoms with Crippen LogP contribution < -0.4 is 5.32 Å². The molecule has 0 aliphatic carbocycles. The lowest BCUT2D eigenvalue weighted by Gasteiger charge is -2.14. The maximum absolute atomic E-state index is 8.03. The first-order valence-electron chi connectivity index (χ1n) is 18.3. The molecule has 9 aromatic rings. The SMILES string of the molecule is N=Cc1ccc2cc(-c3cccc(-c4cccc(-c5cccc(-c6nc(-c7ccccc7)nc(-c7ccccc7)n6)c5)c4)c3)ccc2c1Nc1ccccc1. The van der Waals surface area contributed by atoms with Gasteiger partial charge in [0.2, 0.25) is 0 Å². The lowest BCUT2D eigenvalue weighted by atomic mass is 9.94. The van der Waals surface area contributed by atoms with E-state index < -0.39 is 0 Å². The van der Waals surface area contributed by atoms with Gasteiger partial charge in [0.15, 0.2) is 17.5 Å². The van der Waals surface area contributed by atoms with Crippen molar-refractivity contribution in [3.63, 3.8) is 0 Å². The van der Waals surface area contributed by atoms with Gasteiger partial charge in [-0.25, -0.2) is 15.0 Å². The molecule has 8 aromatic carbocycles. The topological polar surface area (TPSA) is 74.5 Å². The Balaban J connectivity index is 1.04. The fraction of sp³-hybridized carbons (Fsp3) is 0. The smallest absolute Gasteiger partial charge is 0.164 e. The van der Waals surface area contributed by atoms with Crippen LogP contribution in [0, 0.1) is 5.41 Å². The average Bonchev–Trinajstić information content (AvgIpc) is 3.27. The number of fused-ring (bicyclic) bond motifs is 1. The van der Waals surface area contributed by atoms with E-state index in [1.54, 1.807) is 0 Å². The summed E-state index contributed by atoms with van der Waals surface area (Å²) in [6, 6.07) is 66.7. The minimum absolute atomic E-state index is 0.630. The lowest BCUT2D eigenvalue weighted by molar-refractivity contribution is 1.07. The van der Waals surface area contributed by atoms with Gasteiger partial charge in [-0.05, 0) is 75.2 Å². The van der Waals surface area contributed by atoms with E-state index in [2.05, 4.69) is 102 Å². The predicted molar refractivity (Wildman–Crippen MR) is 228 cm³/mol. The first kappa shape index (κ1) is 33.3. The van der Waals surface area contributed by atoms with Crippen LogP contribution in [0.3, 0.4) is 0 Å². The molecule has 55 heavy (non-hydrogen) atoms. The van der Waals surface area contributed by atoms with E-state index in [9.17, 15) is 0 Å². The Hall–Kier alpha value is -7.50. The van der Waals surface area contributed by atoms with Crippen molar-refractivity contribution in [1.82, 2.24) is 15.0 Å². The van der Waals surface area contributed by atoms with Crippen molar-refractivity contribution in [2.24, 2.45) is 0 Å². The molecule has 0 saturated heterocycles. The lowest BCUT2D eigenvalue weighted by Crippen LogP contribution is -2.00. The molecular formula is C50H35N5. The Morgan fingerprint density at radius 1 is 0.364 bits per heavy atom. The summed E-state index contributed by atoms with van der Waals surface area (Å²) >= 11 is 0. The highest BCUT2D eigenvalue weighted by molar-refractivity contribution is 6.05. The summed E-state index contributed by atoms with van der Waals surface area (Å²) < 4.78 is 0. The van der Waals surface area contributed by atoms with Gasteiger partial charge in [-0.1, -0.05) is 158 Å². The zero-order valence-corrected chi connectivity index (χ0v) is 29.9. The largest absolute Gasteiger partial charge is 0.354 e. The molecule has 0 saturated carbocycles. The first-order chi connectivity index (χ1) is 27.2. The van der Waals surface area contributed by atoms with E-state index in [0.717, 1.165) is 77.8 Å². The summed E-state index contributed by atoms with van der Waals surface area (Å²) in [5, 5.41) is 13.8. The second kappa shape index (κ2) is 14.9. The number of hydrogen-bond donors (Lipinski definition) is 2. The van der Waals surface area contributed by atoms with Crippen molar-refractivity contribution in [2.75, 3.05) is 5.32 Å². The molecule has 0 amide bonds. The van der Waals surface area contributed by atoms with Crippen LogP contribution in [0.25, 0.3) is 78.3 Å². The molecular weight excluding hydrogens is 671 g/mol. The highest BCUT2D eigenvalue weighted by Gasteiger charge is 2.14. The highest BCUT2D eigenvalue weighted by Crippen LogP contribution is 2.35. The van der Waals surface area contributed by atoms with E-state index in [-0.39, 0.29) is 0 Å². The molecule has 5 nitrogen and oxygen atoms in total. The summed E-state index contributed by atoms with van der Waals surface area (Å²) in [5.41, 5.74) is 12.3. The second-order valence-electron chi connectivity index (χ2n) is 13.4. The second-order valence-corrected chi connectivity index (χ2v) is 13.4. The van der Waals surface area contributed by atoms with Crippen molar-refractivity contribution in [1.29, 1.82) is 5.41 Å². The third kappa shape index (κ3) is 7.02. The molecule has 1 heterocycles. The third-order valence-corrected chi connectivity index (χ3v) is 9.80. The molecule has 2 N–H and O–H groups in total. The number of benzene rings is 8. The molecule has 0 spiro atoms. The van der Waals surface area contributed by atoms with Crippen LogP contribution in [0.4, 0.5) is 11.4 Å².